The van der Waals surface area contributed by atoms with Crippen LogP contribution < -0.4 is 11.1 Å². The van der Waals surface area contributed by atoms with Crippen LogP contribution in [0.5, 0.6) is 0 Å². The maximum Gasteiger partial charge on any atom is 0.0575 e. The molecule has 0 heterocycles. The first kappa shape index (κ1) is 11.5. The molecular formula is C10H15ClN2S. The molecule has 0 aliphatic carbocycles. The van der Waals surface area contributed by atoms with E-state index in [0.717, 1.165) is 23.7 Å². The highest BCUT2D eigenvalue weighted by Crippen LogP contribution is 2.22. The van der Waals surface area contributed by atoms with Gasteiger partial charge in [-0.15, -0.1) is 0 Å². The number of halogens is 1. The first-order valence-electron chi connectivity index (χ1n) is 4.60. The Kier molecular flexibility index (Phi) is 4.98. The summed E-state index contributed by atoms with van der Waals surface area (Å²) in [7, 11) is 0. The third-order valence-corrected chi connectivity index (χ3v) is 2.92. The van der Waals surface area contributed by atoms with E-state index in [9.17, 15) is 0 Å². The van der Waals surface area contributed by atoms with Crippen LogP contribution in [0.2, 0.25) is 5.02 Å². The molecule has 14 heavy (non-hydrogen) atoms. The fourth-order valence-electron chi connectivity index (χ4n) is 1.10. The minimum atomic E-state index is 0.677. The van der Waals surface area contributed by atoms with Crippen LogP contribution in [0, 0.1) is 0 Å². The molecule has 0 aliphatic rings. The summed E-state index contributed by atoms with van der Waals surface area (Å²) in [6, 6.07) is 5.51. The average molecular weight is 231 g/mol. The highest BCUT2D eigenvalue weighted by atomic mass is 35.5. The van der Waals surface area contributed by atoms with Crippen molar-refractivity contribution in [3.63, 3.8) is 0 Å². The molecule has 0 saturated carbocycles. The molecule has 0 aliphatic heterocycles. The Labute approximate surface area is 94.2 Å². The maximum atomic E-state index is 5.79. The zero-order chi connectivity index (χ0) is 10.4. The molecule has 0 unspecified atom stereocenters. The largest absolute Gasteiger partial charge is 0.397 e. The summed E-state index contributed by atoms with van der Waals surface area (Å²) in [4.78, 5) is 0. The smallest absolute Gasteiger partial charge is 0.0575 e. The van der Waals surface area contributed by atoms with Gasteiger partial charge in [-0.2, -0.15) is 11.8 Å². The molecule has 0 amide bonds. The summed E-state index contributed by atoms with van der Waals surface area (Å²) >= 11 is 7.70. The molecule has 1 aromatic rings. The number of nitrogens with one attached hydrogen (secondary N) is 1. The Bertz CT molecular complexity index is 291. The molecular weight excluding hydrogens is 216 g/mol. The van der Waals surface area contributed by atoms with Crippen LogP contribution in [0.4, 0.5) is 11.4 Å². The van der Waals surface area contributed by atoms with Crippen molar-refractivity contribution in [1.82, 2.24) is 0 Å². The van der Waals surface area contributed by atoms with E-state index >= 15 is 0 Å². The van der Waals surface area contributed by atoms with Gasteiger partial charge in [-0.05, 0) is 24.0 Å². The van der Waals surface area contributed by atoms with Crippen molar-refractivity contribution in [3.05, 3.63) is 23.2 Å². The van der Waals surface area contributed by atoms with Gasteiger partial charge >= 0.3 is 0 Å². The highest BCUT2D eigenvalue weighted by molar-refractivity contribution is 7.99. The maximum absolute atomic E-state index is 5.79. The quantitative estimate of drug-likeness (QED) is 0.603. The second kappa shape index (κ2) is 6.04. The van der Waals surface area contributed by atoms with Gasteiger partial charge in [-0.3, -0.25) is 0 Å². The lowest BCUT2D eigenvalue weighted by molar-refractivity contribution is 1.23. The molecule has 78 valence electrons. The van der Waals surface area contributed by atoms with Crippen LogP contribution in [0.3, 0.4) is 0 Å². The molecule has 0 bridgehead atoms. The van der Waals surface area contributed by atoms with Gasteiger partial charge in [0.2, 0.25) is 0 Å². The van der Waals surface area contributed by atoms with Gasteiger partial charge in [0.25, 0.3) is 0 Å². The zero-order valence-corrected chi connectivity index (χ0v) is 9.79. The lowest BCUT2D eigenvalue weighted by Gasteiger charge is -2.08. The number of nitrogens with two attached hydrogens (primary N) is 1. The predicted octanol–water partition coefficient (Wildman–Crippen LogP) is 3.09. The fourth-order valence-corrected chi connectivity index (χ4v) is 1.81. The molecule has 2 nitrogen and oxygen atoms in total. The van der Waals surface area contributed by atoms with E-state index < -0.39 is 0 Å². The van der Waals surface area contributed by atoms with Gasteiger partial charge < -0.3 is 11.1 Å². The van der Waals surface area contributed by atoms with Crippen molar-refractivity contribution in [2.45, 2.75) is 6.92 Å². The van der Waals surface area contributed by atoms with Crippen molar-refractivity contribution in [2.24, 2.45) is 0 Å². The van der Waals surface area contributed by atoms with E-state index in [1.807, 2.05) is 23.9 Å². The van der Waals surface area contributed by atoms with E-state index in [1.54, 1.807) is 6.07 Å². The van der Waals surface area contributed by atoms with E-state index in [2.05, 4.69) is 12.2 Å². The Hall–Kier alpha value is -0.540. The number of thioether (sulfide) groups is 1. The molecule has 3 N–H and O–H groups in total. The van der Waals surface area contributed by atoms with Crippen LogP contribution >= 0.6 is 23.4 Å². The minimum absolute atomic E-state index is 0.677. The molecule has 0 saturated heterocycles. The van der Waals surface area contributed by atoms with Gasteiger partial charge in [0, 0.05) is 17.3 Å². The van der Waals surface area contributed by atoms with Gasteiger partial charge in [-0.25, -0.2) is 0 Å². The van der Waals surface area contributed by atoms with E-state index in [-0.39, 0.29) is 0 Å². The fraction of sp³-hybridized carbons (Fsp3) is 0.400. The normalized spacial score (nSPS) is 10.1. The molecule has 0 spiro atoms. The minimum Gasteiger partial charge on any atom is -0.397 e. The van der Waals surface area contributed by atoms with Crippen LogP contribution in [0.15, 0.2) is 18.2 Å². The van der Waals surface area contributed by atoms with Crippen LogP contribution in [0.25, 0.3) is 0 Å². The Morgan fingerprint density at radius 2 is 2.29 bits per heavy atom. The van der Waals surface area contributed by atoms with Gasteiger partial charge in [0.05, 0.1) is 11.4 Å². The topological polar surface area (TPSA) is 38.0 Å². The van der Waals surface area contributed by atoms with Crippen LogP contribution in [-0.4, -0.2) is 18.1 Å². The molecule has 0 aromatic heterocycles. The summed E-state index contributed by atoms with van der Waals surface area (Å²) in [6.45, 7) is 3.09. The summed E-state index contributed by atoms with van der Waals surface area (Å²) in [5.41, 5.74) is 7.45. The van der Waals surface area contributed by atoms with Gasteiger partial charge in [0.15, 0.2) is 0 Å². The highest BCUT2D eigenvalue weighted by Gasteiger charge is 1.98. The number of nitrogen functional groups attached to an aromatic ring is 1. The lowest BCUT2D eigenvalue weighted by atomic mass is 10.3. The molecule has 0 atom stereocenters. The number of hydrogen-bond donors (Lipinski definition) is 2. The third kappa shape index (κ3) is 3.68. The standard InChI is InChI=1S/C10H15ClN2S/c1-2-14-6-5-13-10-4-3-8(11)7-9(10)12/h3-4,7,13H,2,5-6,12H2,1H3. The first-order chi connectivity index (χ1) is 6.74. The molecule has 0 radical (unpaired) electrons. The van der Waals surface area contributed by atoms with Crippen LogP contribution in [-0.2, 0) is 0 Å². The number of hydrogen-bond acceptors (Lipinski definition) is 3. The Morgan fingerprint density at radius 3 is 2.93 bits per heavy atom. The van der Waals surface area contributed by atoms with Gasteiger partial charge in [-0.1, -0.05) is 18.5 Å². The molecule has 4 heteroatoms. The van der Waals surface area contributed by atoms with Crippen molar-refractivity contribution in [3.8, 4) is 0 Å². The SMILES string of the molecule is CCSCCNc1ccc(Cl)cc1N. The number of rotatable bonds is 5. The van der Waals surface area contributed by atoms with Gasteiger partial charge in [0.1, 0.15) is 0 Å². The number of benzene rings is 1. The average Bonchev–Trinajstić information content (AvgIpc) is 2.15. The Morgan fingerprint density at radius 1 is 1.50 bits per heavy atom. The van der Waals surface area contributed by atoms with Crippen molar-refractivity contribution in [1.29, 1.82) is 0 Å². The van der Waals surface area contributed by atoms with Crippen molar-refractivity contribution in [2.75, 3.05) is 29.1 Å². The molecule has 1 rings (SSSR count). The first-order valence-corrected chi connectivity index (χ1v) is 6.14. The second-order valence-electron chi connectivity index (χ2n) is 2.86. The second-order valence-corrected chi connectivity index (χ2v) is 4.69. The van der Waals surface area contributed by atoms with E-state index in [0.29, 0.717) is 10.7 Å². The summed E-state index contributed by atoms with van der Waals surface area (Å²) in [6.07, 6.45) is 0. The third-order valence-electron chi connectivity index (χ3n) is 1.78. The summed E-state index contributed by atoms with van der Waals surface area (Å²) in [5.74, 6) is 2.25. The lowest BCUT2D eigenvalue weighted by Crippen LogP contribution is -2.06. The Balaban J connectivity index is 2.42. The summed E-state index contributed by atoms with van der Waals surface area (Å²) < 4.78 is 0. The van der Waals surface area contributed by atoms with Crippen LogP contribution in [0.1, 0.15) is 6.92 Å². The van der Waals surface area contributed by atoms with Crippen molar-refractivity contribution < 1.29 is 0 Å². The summed E-state index contributed by atoms with van der Waals surface area (Å²) in [5, 5.41) is 3.95. The molecule has 0 fully saturated rings. The number of anilines is 2. The van der Waals surface area contributed by atoms with E-state index in [4.69, 9.17) is 17.3 Å². The monoisotopic (exact) mass is 230 g/mol. The predicted molar refractivity (Wildman–Crippen MR) is 67.4 cm³/mol. The zero-order valence-electron chi connectivity index (χ0n) is 8.22. The van der Waals surface area contributed by atoms with E-state index in [1.165, 1.54) is 0 Å². The van der Waals surface area contributed by atoms with Crippen molar-refractivity contribution >= 4 is 34.7 Å². The molecule has 1 aromatic carbocycles.